The van der Waals surface area contributed by atoms with Crippen molar-refractivity contribution in [1.82, 2.24) is 0 Å². The monoisotopic (exact) mass is 306 g/mol. The van der Waals surface area contributed by atoms with E-state index in [0.29, 0.717) is 12.0 Å². The second-order valence-electron chi connectivity index (χ2n) is 6.71. The van der Waals surface area contributed by atoms with Crippen molar-refractivity contribution in [3.63, 3.8) is 0 Å². The first-order valence-electron chi connectivity index (χ1n) is 7.72. The first-order valence-corrected chi connectivity index (χ1v) is 7.72. The molecule has 3 aliphatic rings. The Morgan fingerprint density at radius 2 is 2.23 bits per heavy atom. The summed E-state index contributed by atoms with van der Waals surface area (Å²) in [5, 5.41) is 0. The number of rotatable bonds is 1. The second kappa shape index (κ2) is 5.23. The fourth-order valence-corrected chi connectivity index (χ4v) is 3.63. The summed E-state index contributed by atoms with van der Waals surface area (Å²) in [6.07, 6.45) is 3.52. The Bertz CT molecular complexity index is 563. The number of fused-ring (bicyclic) bond motifs is 3. The van der Waals surface area contributed by atoms with E-state index < -0.39 is 18.2 Å². The van der Waals surface area contributed by atoms with E-state index in [9.17, 15) is 9.59 Å². The van der Waals surface area contributed by atoms with Crippen LogP contribution in [0.4, 0.5) is 0 Å². The van der Waals surface area contributed by atoms with Crippen LogP contribution >= 0.6 is 0 Å². The maximum absolute atomic E-state index is 12.0. The molecule has 0 radical (unpaired) electrons. The van der Waals surface area contributed by atoms with E-state index in [1.807, 2.05) is 13.8 Å². The summed E-state index contributed by atoms with van der Waals surface area (Å²) in [5.41, 5.74) is 1.24. The number of esters is 2. The molecule has 5 heteroatoms. The zero-order chi connectivity index (χ0) is 16.1. The average molecular weight is 306 g/mol. The van der Waals surface area contributed by atoms with E-state index in [4.69, 9.17) is 14.2 Å². The van der Waals surface area contributed by atoms with Gasteiger partial charge in [-0.05, 0) is 26.7 Å². The van der Waals surface area contributed by atoms with Crippen LogP contribution in [-0.2, 0) is 23.8 Å². The lowest BCUT2D eigenvalue weighted by Gasteiger charge is -2.27. The van der Waals surface area contributed by atoms with Gasteiger partial charge in [0.25, 0.3) is 0 Å². The summed E-state index contributed by atoms with van der Waals surface area (Å²) in [7, 11) is 0. The highest BCUT2D eigenvalue weighted by Crippen LogP contribution is 2.50. The molecular formula is C17H22O5. The van der Waals surface area contributed by atoms with E-state index in [2.05, 4.69) is 12.7 Å². The molecule has 0 spiro atoms. The van der Waals surface area contributed by atoms with Gasteiger partial charge >= 0.3 is 11.9 Å². The highest BCUT2D eigenvalue weighted by Gasteiger charge is 2.63. The van der Waals surface area contributed by atoms with E-state index in [-0.39, 0.29) is 23.6 Å². The molecule has 0 N–H and O–H groups in total. The lowest BCUT2D eigenvalue weighted by atomic mass is 9.82. The molecule has 0 saturated carbocycles. The van der Waals surface area contributed by atoms with Gasteiger partial charge in [-0.15, -0.1) is 0 Å². The fraction of sp³-hybridized carbons (Fsp3) is 0.647. The molecule has 1 aliphatic carbocycles. The molecule has 2 heterocycles. The number of ether oxygens (including phenoxy) is 3. The molecule has 2 aliphatic heterocycles. The van der Waals surface area contributed by atoms with Crippen molar-refractivity contribution >= 4 is 11.9 Å². The van der Waals surface area contributed by atoms with Gasteiger partial charge in [-0.2, -0.15) is 0 Å². The van der Waals surface area contributed by atoms with Crippen LogP contribution < -0.4 is 0 Å². The van der Waals surface area contributed by atoms with Gasteiger partial charge in [-0.1, -0.05) is 18.2 Å². The fourth-order valence-electron chi connectivity index (χ4n) is 3.63. The van der Waals surface area contributed by atoms with Crippen molar-refractivity contribution in [2.45, 2.75) is 63.9 Å². The van der Waals surface area contributed by atoms with Crippen LogP contribution in [0.15, 0.2) is 23.8 Å². The first kappa shape index (κ1) is 15.3. The van der Waals surface area contributed by atoms with Crippen molar-refractivity contribution < 1.29 is 23.8 Å². The van der Waals surface area contributed by atoms with Gasteiger partial charge in [-0.3, -0.25) is 4.79 Å². The Labute approximate surface area is 130 Å². The van der Waals surface area contributed by atoms with Crippen molar-refractivity contribution in [3.05, 3.63) is 23.8 Å². The quantitative estimate of drug-likeness (QED) is 0.322. The van der Waals surface area contributed by atoms with Crippen LogP contribution in [0.3, 0.4) is 0 Å². The maximum Gasteiger partial charge on any atom is 0.334 e. The van der Waals surface area contributed by atoms with Crippen LogP contribution in [0.5, 0.6) is 0 Å². The highest BCUT2D eigenvalue weighted by molar-refractivity contribution is 5.91. The van der Waals surface area contributed by atoms with Crippen LogP contribution in [0, 0.1) is 5.92 Å². The van der Waals surface area contributed by atoms with E-state index in [1.54, 1.807) is 0 Å². The molecular weight excluding hydrogens is 284 g/mol. The Morgan fingerprint density at radius 1 is 1.50 bits per heavy atom. The predicted octanol–water partition coefficient (Wildman–Crippen LogP) is 2.30. The third-order valence-electron chi connectivity index (χ3n) is 4.88. The summed E-state index contributed by atoms with van der Waals surface area (Å²) in [5.74, 6) is -1.12. The molecule has 5 nitrogen and oxygen atoms in total. The third kappa shape index (κ3) is 2.58. The standard InChI is InChI=1S/C17H22O5/c1-9-6-5-7-17(4)15(22-17)14-13(10(2)16(19)21-14)12(8-9)20-11(3)18/h6,12-15H,2,5,7-8H2,1,3-4H3/t12-,13-,14+,15?,17-/m1/s1. The minimum absolute atomic E-state index is 0.148. The number of carbonyl (C=O) groups is 2. The SMILES string of the molecule is C=C1C(=O)O[C@@H]2C3O[C@]3(C)CCC=C(C)C[C@@H](OC(C)=O)[C@@H]12. The zero-order valence-corrected chi connectivity index (χ0v) is 13.3. The predicted molar refractivity (Wildman–Crippen MR) is 79.0 cm³/mol. The Hall–Kier alpha value is -1.62. The van der Waals surface area contributed by atoms with Crippen LogP contribution in [0.2, 0.25) is 0 Å². The Kier molecular flexibility index (Phi) is 3.63. The molecule has 2 saturated heterocycles. The molecule has 1 unspecified atom stereocenters. The molecule has 0 aromatic heterocycles. The number of carbonyl (C=O) groups excluding carboxylic acids is 2. The van der Waals surface area contributed by atoms with Gasteiger partial charge in [0.15, 0.2) is 0 Å². The van der Waals surface area contributed by atoms with Gasteiger partial charge in [-0.25, -0.2) is 4.79 Å². The highest BCUT2D eigenvalue weighted by atomic mass is 16.6. The van der Waals surface area contributed by atoms with E-state index in [1.165, 1.54) is 6.92 Å². The van der Waals surface area contributed by atoms with Crippen LogP contribution in [-0.4, -0.2) is 35.9 Å². The van der Waals surface area contributed by atoms with Gasteiger partial charge in [0.05, 0.1) is 11.5 Å². The number of epoxide rings is 1. The van der Waals surface area contributed by atoms with Gasteiger partial charge < -0.3 is 14.2 Å². The number of hydrogen-bond acceptors (Lipinski definition) is 5. The number of hydrogen-bond donors (Lipinski definition) is 0. The lowest BCUT2D eigenvalue weighted by molar-refractivity contribution is -0.150. The van der Waals surface area contributed by atoms with Crippen molar-refractivity contribution in [2.75, 3.05) is 0 Å². The number of allylic oxidation sites excluding steroid dienone is 1. The molecule has 0 aromatic rings. The third-order valence-corrected chi connectivity index (χ3v) is 4.88. The smallest absolute Gasteiger partial charge is 0.334 e. The van der Waals surface area contributed by atoms with Crippen molar-refractivity contribution in [2.24, 2.45) is 5.92 Å². The molecule has 3 rings (SSSR count). The summed E-state index contributed by atoms with van der Waals surface area (Å²) < 4.78 is 16.8. The molecule has 0 aromatic carbocycles. The molecule has 120 valence electrons. The van der Waals surface area contributed by atoms with Crippen LogP contribution in [0.1, 0.15) is 40.0 Å². The lowest BCUT2D eigenvalue weighted by Crippen LogP contribution is -2.38. The largest absolute Gasteiger partial charge is 0.461 e. The van der Waals surface area contributed by atoms with Gasteiger partial charge in [0.1, 0.15) is 18.3 Å². The molecule has 0 amide bonds. The summed E-state index contributed by atoms with van der Waals surface area (Å²) >= 11 is 0. The minimum atomic E-state index is -0.441. The summed E-state index contributed by atoms with van der Waals surface area (Å²) in [6.45, 7) is 9.30. The Balaban J connectivity index is 1.96. The topological polar surface area (TPSA) is 65.1 Å². The van der Waals surface area contributed by atoms with Gasteiger partial charge in [0, 0.05) is 18.9 Å². The van der Waals surface area contributed by atoms with Crippen LogP contribution in [0.25, 0.3) is 0 Å². The minimum Gasteiger partial charge on any atom is -0.461 e. The molecule has 22 heavy (non-hydrogen) atoms. The summed E-state index contributed by atoms with van der Waals surface area (Å²) in [4.78, 5) is 23.5. The second-order valence-corrected chi connectivity index (χ2v) is 6.71. The molecule has 5 atom stereocenters. The molecule has 0 bridgehead atoms. The average Bonchev–Trinajstić information content (AvgIpc) is 2.98. The van der Waals surface area contributed by atoms with E-state index >= 15 is 0 Å². The molecule has 2 fully saturated rings. The van der Waals surface area contributed by atoms with Crippen molar-refractivity contribution in [3.8, 4) is 0 Å². The van der Waals surface area contributed by atoms with Crippen molar-refractivity contribution in [1.29, 1.82) is 0 Å². The maximum atomic E-state index is 12.0. The first-order chi connectivity index (χ1) is 10.3. The normalized spacial score (nSPS) is 41.0. The van der Waals surface area contributed by atoms with Gasteiger partial charge in [0.2, 0.25) is 0 Å². The zero-order valence-electron chi connectivity index (χ0n) is 13.3. The van der Waals surface area contributed by atoms with E-state index in [0.717, 1.165) is 18.4 Å². The summed E-state index contributed by atoms with van der Waals surface area (Å²) in [6, 6.07) is 0. The Morgan fingerprint density at radius 3 is 2.91 bits per heavy atom.